The number of carbonyl (C=O) groups excluding carboxylic acids is 2. The molecule has 11 nitrogen and oxygen atoms in total. The van der Waals surface area contributed by atoms with Crippen LogP contribution in [-0.2, 0) is 33.6 Å². The number of esters is 2. The Labute approximate surface area is 328 Å². The van der Waals surface area contributed by atoms with E-state index in [0.717, 1.165) is 50.4 Å². The molecule has 0 aromatic rings. The van der Waals surface area contributed by atoms with Crippen molar-refractivity contribution < 1.29 is 54.0 Å². The van der Waals surface area contributed by atoms with Crippen molar-refractivity contribution in [3.63, 3.8) is 0 Å². The topological polar surface area (TPSA) is 161 Å². The van der Waals surface area contributed by atoms with Gasteiger partial charge in [0, 0.05) is 12.8 Å². The van der Waals surface area contributed by atoms with Gasteiger partial charge in [-0.3, -0.25) is 9.59 Å². The summed E-state index contributed by atoms with van der Waals surface area (Å²) in [5.41, 5.74) is 0. The zero-order valence-corrected chi connectivity index (χ0v) is 34.8. The van der Waals surface area contributed by atoms with Crippen molar-refractivity contribution in [3.8, 4) is 0 Å². The van der Waals surface area contributed by atoms with Gasteiger partial charge in [0.05, 0.1) is 6.61 Å². The molecule has 2 unspecified atom stereocenters. The van der Waals surface area contributed by atoms with Crippen LogP contribution >= 0.6 is 0 Å². The number of carbonyl (C=O) groups is 2. The monoisotopic (exact) mass is 775 g/mol. The molecule has 0 saturated carbocycles. The Morgan fingerprint density at radius 1 is 0.574 bits per heavy atom. The molecule has 0 aliphatic carbocycles. The highest BCUT2D eigenvalue weighted by atomic mass is 17.2. The molecule has 320 valence electrons. The molecule has 1 aliphatic rings. The maximum atomic E-state index is 12.7. The van der Waals surface area contributed by atoms with E-state index in [-0.39, 0.29) is 32.0 Å². The predicted molar refractivity (Wildman–Crippen MR) is 211 cm³/mol. The van der Waals surface area contributed by atoms with Gasteiger partial charge >= 0.3 is 11.9 Å². The Bertz CT molecular complexity index is 887. The maximum Gasteiger partial charge on any atom is 0.306 e. The highest BCUT2D eigenvalue weighted by molar-refractivity contribution is 5.70. The summed E-state index contributed by atoms with van der Waals surface area (Å²) >= 11 is 0. The lowest BCUT2D eigenvalue weighted by molar-refractivity contribution is -0.429. The van der Waals surface area contributed by atoms with Crippen LogP contribution in [-0.4, -0.2) is 89.0 Å². The van der Waals surface area contributed by atoms with Gasteiger partial charge in [0.15, 0.2) is 6.10 Å². The van der Waals surface area contributed by atoms with E-state index in [9.17, 15) is 30.0 Å². The lowest BCUT2D eigenvalue weighted by Crippen LogP contribution is -2.59. The predicted octanol–water partition coefficient (Wildman–Crippen LogP) is 8.64. The van der Waals surface area contributed by atoms with E-state index in [4.69, 9.17) is 24.0 Å². The quantitative estimate of drug-likeness (QED) is 0.0209. The second kappa shape index (κ2) is 33.8. The average Bonchev–Trinajstić information content (AvgIpc) is 3.16. The van der Waals surface area contributed by atoms with Gasteiger partial charge < -0.3 is 34.6 Å². The first-order valence-electron chi connectivity index (χ1n) is 22.1. The van der Waals surface area contributed by atoms with Crippen LogP contribution in [0.4, 0.5) is 0 Å². The van der Waals surface area contributed by atoms with E-state index < -0.39 is 49.4 Å². The minimum absolute atomic E-state index is 0.225. The molecular weight excluding hydrogens is 692 g/mol. The molecule has 54 heavy (non-hydrogen) atoms. The van der Waals surface area contributed by atoms with Gasteiger partial charge in [0.1, 0.15) is 37.6 Å². The summed E-state index contributed by atoms with van der Waals surface area (Å²) in [6.07, 6.45) is 20.6. The first kappa shape index (κ1) is 50.7. The standard InChI is InChI=1S/C43H82O11/c1-5-7-25-34(3)27-21-17-13-9-11-15-19-23-29-38(45)50-32-36(33-51-54-43-42(49)41(48)40(47)37(31-44)53-43)52-39(46)30-24-20-16-12-10-14-18-22-28-35(4)26-8-6-2/h34-37,40-44,47-49H,5-33H2,1-4H3/t34?,35?,36-,37-,40+,41+,42-,43+/m1/s1. The fourth-order valence-electron chi connectivity index (χ4n) is 6.99. The van der Waals surface area contributed by atoms with Crippen LogP contribution in [0.2, 0.25) is 0 Å². The lowest BCUT2D eigenvalue weighted by atomic mass is 9.97. The summed E-state index contributed by atoms with van der Waals surface area (Å²) in [7, 11) is 0. The summed E-state index contributed by atoms with van der Waals surface area (Å²) in [6, 6.07) is 0. The van der Waals surface area contributed by atoms with Crippen LogP contribution in [0.3, 0.4) is 0 Å². The van der Waals surface area contributed by atoms with Gasteiger partial charge in [0.2, 0.25) is 6.29 Å². The maximum absolute atomic E-state index is 12.7. The first-order valence-corrected chi connectivity index (χ1v) is 22.1. The van der Waals surface area contributed by atoms with Crippen molar-refractivity contribution in [1.82, 2.24) is 0 Å². The van der Waals surface area contributed by atoms with E-state index in [2.05, 4.69) is 27.7 Å². The van der Waals surface area contributed by atoms with Crippen LogP contribution < -0.4 is 0 Å². The third-order valence-electron chi connectivity index (χ3n) is 10.8. The Morgan fingerprint density at radius 3 is 1.50 bits per heavy atom. The Balaban J connectivity index is 2.36. The highest BCUT2D eigenvalue weighted by Gasteiger charge is 2.44. The number of hydrogen-bond donors (Lipinski definition) is 4. The summed E-state index contributed by atoms with van der Waals surface area (Å²) in [6.45, 7) is 8.06. The highest BCUT2D eigenvalue weighted by Crippen LogP contribution is 2.23. The molecule has 1 rings (SSSR count). The largest absolute Gasteiger partial charge is 0.462 e. The molecule has 0 amide bonds. The van der Waals surface area contributed by atoms with Gasteiger partial charge in [-0.25, -0.2) is 9.78 Å². The Morgan fingerprint density at radius 2 is 1.02 bits per heavy atom. The second-order valence-electron chi connectivity index (χ2n) is 16.1. The second-order valence-corrected chi connectivity index (χ2v) is 16.1. The van der Waals surface area contributed by atoms with Crippen LogP contribution in [0.15, 0.2) is 0 Å². The summed E-state index contributed by atoms with van der Waals surface area (Å²) < 4.78 is 16.3. The molecule has 1 heterocycles. The SMILES string of the molecule is CCCCC(C)CCCCCCCCCCC(=O)OC[C@H](COO[C@@H]1O[C@H](CO)[C@H](O)[C@H](O)[C@H]1O)OC(=O)CCCCCCCCCCC(C)CCCC. The van der Waals surface area contributed by atoms with Crippen molar-refractivity contribution in [1.29, 1.82) is 0 Å². The fourth-order valence-corrected chi connectivity index (χ4v) is 6.99. The minimum Gasteiger partial charge on any atom is -0.462 e. The Hall–Kier alpha value is -1.34. The molecule has 0 bridgehead atoms. The van der Waals surface area contributed by atoms with E-state index in [1.807, 2.05) is 0 Å². The number of ether oxygens (including phenoxy) is 3. The number of aliphatic hydroxyl groups excluding tert-OH is 4. The number of aliphatic hydroxyl groups is 4. The minimum atomic E-state index is -1.65. The van der Waals surface area contributed by atoms with Gasteiger partial charge in [-0.2, -0.15) is 0 Å². The first-order chi connectivity index (χ1) is 26.1. The fraction of sp³-hybridized carbons (Fsp3) is 0.953. The van der Waals surface area contributed by atoms with Gasteiger partial charge in [-0.1, -0.05) is 169 Å². The number of rotatable bonds is 36. The average molecular weight is 775 g/mol. The van der Waals surface area contributed by atoms with Crippen LogP contribution in [0.5, 0.6) is 0 Å². The van der Waals surface area contributed by atoms with Crippen LogP contribution in [0.1, 0.15) is 195 Å². The van der Waals surface area contributed by atoms with Crippen LogP contribution in [0.25, 0.3) is 0 Å². The molecule has 11 heteroatoms. The van der Waals surface area contributed by atoms with Crippen molar-refractivity contribution in [3.05, 3.63) is 0 Å². The summed E-state index contributed by atoms with van der Waals surface area (Å²) in [5, 5.41) is 39.6. The van der Waals surface area contributed by atoms with Crippen molar-refractivity contribution >= 4 is 11.9 Å². The van der Waals surface area contributed by atoms with E-state index in [1.165, 1.54) is 109 Å². The molecule has 0 radical (unpaired) electrons. The van der Waals surface area contributed by atoms with Gasteiger partial charge in [-0.05, 0) is 24.7 Å². The summed E-state index contributed by atoms with van der Waals surface area (Å²) in [5.74, 6) is 0.851. The molecule has 0 spiro atoms. The molecule has 8 atom stereocenters. The molecule has 1 fully saturated rings. The smallest absolute Gasteiger partial charge is 0.306 e. The van der Waals surface area contributed by atoms with Gasteiger partial charge in [0.25, 0.3) is 0 Å². The van der Waals surface area contributed by atoms with Crippen molar-refractivity contribution in [2.24, 2.45) is 11.8 Å². The lowest BCUT2D eigenvalue weighted by Gasteiger charge is -2.38. The number of hydrogen-bond acceptors (Lipinski definition) is 11. The summed E-state index contributed by atoms with van der Waals surface area (Å²) in [4.78, 5) is 35.6. The van der Waals surface area contributed by atoms with E-state index in [1.54, 1.807) is 0 Å². The van der Waals surface area contributed by atoms with Crippen molar-refractivity contribution in [2.75, 3.05) is 19.8 Å². The van der Waals surface area contributed by atoms with Gasteiger partial charge in [-0.15, -0.1) is 0 Å². The zero-order valence-electron chi connectivity index (χ0n) is 34.8. The normalized spacial score (nSPS) is 21.8. The molecule has 1 aliphatic heterocycles. The molecule has 0 aromatic carbocycles. The Kier molecular flexibility index (Phi) is 31.7. The van der Waals surface area contributed by atoms with Crippen LogP contribution in [0, 0.1) is 11.8 Å². The molecule has 1 saturated heterocycles. The van der Waals surface area contributed by atoms with Crippen molar-refractivity contribution in [2.45, 2.75) is 231 Å². The number of unbranched alkanes of at least 4 members (excludes halogenated alkanes) is 16. The third kappa shape index (κ3) is 25.7. The van der Waals surface area contributed by atoms with E-state index >= 15 is 0 Å². The third-order valence-corrected chi connectivity index (χ3v) is 10.8. The van der Waals surface area contributed by atoms with E-state index in [0.29, 0.717) is 6.42 Å². The molecule has 0 aromatic heterocycles. The molecular formula is C43H82O11. The zero-order chi connectivity index (χ0) is 39.8. The molecule has 4 N–H and O–H groups in total.